The first-order valence-electron chi connectivity index (χ1n) is 8.20. The Morgan fingerprint density at radius 3 is 2.65 bits per heavy atom. The molecule has 0 bridgehead atoms. The number of carbonyl (C=O) groups excluding carboxylic acids is 1. The van der Waals surface area contributed by atoms with E-state index >= 15 is 0 Å². The van der Waals surface area contributed by atoms with Gasteiger partial charge >= 0.3 is 6.09 Å². The number of benzene rings is 1. The fourth-order valence-electron chi connectivity index (χ4n) is 2.41. The Hall–Kier alpha value is -1.07. The highest BCUT2D eigenvalue weighted by atomic mass is 79.9. The summed E-state index contributed by atoms with van der Waals surface area (Å²) in [7, 11) is 0. The lowest BCUT2D eigenvalue weighted by molar-refractivity contribution is 0.0521. The molecule has 1 saturated carbocycles. The average Bonchev–Trinajstić information content (AvgIpc) is 3.25. The zero-order valence-electron chi connectivity index (χ0n) is 14.4. The highest BCUT2D eigenvalue weighted by molar-refractivity contribution is 9.10. The number of hydrogen-bond donors (Lipinski definition) is 2. The molecule has 0 aliphatic heterocycles. The molecule has 1 amide bonds. The predicted octanol–water partition coefficient (Wildman–Crippen LogP) is 4.15. The third-order valence-electron chi connectivity index (χ3n) is 3.86. The van der Waals surface area contributed by atoms with E-state index in [1.54, 1.807) is 0 Å². The molecular weight excluding hydrogens is 356 g/mol. The second kappa shape index (κ2) is 7.67. The van der Waals surface area contributed by atoms with Crippen molar-refractivity contribution < 1.29 is 9.53 Å². The second-order valence-electron chi connectivity index (χ2n) is 7.29. The SMILES string of the molecule is Cc1ccc(CNC(CNC(=O)OC(C)(C)C)C2CC2)cc1Br. The van der Waals surface area contributed by atoms with Crippen LogP contribution in [0.3, 0.4) is 0 Å². The maximum absolute atomic E-state index is 11.8. The topological polar surface area (TPSA) is 50.4 Å². The van der Waals surface area contributed by atoms with Crippen LogP contribution < -0.4 is 10.6 Å². The molecule has 23 heavy (non-hydrogen) atoms. The quantitative estimate of drug-likeness (QED) is 0.776. The van der Waals surface area contributed by atoms with Crippen molar-refractivity contribution in [2.45, 2.75) is 58.7 Å². The van der Waals surface area contributed by atoms with Crippen LogP contribution in [0.5, 0.6) is 0 Å². The number of amides is 1. The lowest BCUT2D eigenvalue weighted by atomic mass is 10.1. The number of ether oxygens (including phenoxy) is 1. The minimum Gasteiger partial charge on any atom is -0.444 e. The number of halogens is 1. The fourth-order valence-corrected chi connectivity index (χ4v) is 2.83. The molecule has 1 fully saturated rings. The van der Waals surface area contributed by atoms with E-state index in [0.29, 0.717) is 18.5 Å². The normalized spacial score (nSPS) is 16.0. The Morgan fingerprint density at radius 1 is 1.39 bits per heavy atom. The minimum atomic E-state index is -0.458. The van der Waals surface area contributed by atoms with Gasteiger partial charge in [-0.05, 0) is 63.6 Å². The molecule has 0 spiro atoms. The summed E-state index contributed by atoms with van der Waals surface area (Å²) < 4.78 is 6.43. The molecule has 0 radical (unpaired) electrons. The van der Waals surface area contributed by atoms with Crippen LogP contribution in [-0.2, 0) is 11.3 Å². The van der Waals surface area contributed by atoms with Crippen LogP contribution in [0, 0.1) is 12.8 Å². The van der Waals surface area contributed by atoms with Crippen molar-refractivity contribution in [1.82, 2.24) is 10.6 Å². The van der Waals surface area contributed by atoms with Gasteiger partial charge in [0.1, 0.15) is 5.60 Å². The summed E-state index contributed by atoms with van der Waals surface area (Å²) in [6.45, 7) is 9.11. The molecule has 0 heterocycles. The first kappa shape index (κ1) is 18.3. The first-order valence-corrected chi connectivity index (χ1v) is 8.99. The van der Waals surface area contributed by atoms with Gasteiger partial charge in [-0.15, -0.1) is 0 Å². The molecule has 0 aromatic heterocycles. The summed E-state index contributed by atoms with van der Waals surface area (Å²) in [5.74, 6) is 0.652. The van der Waals surface area contributed by atoms with Gasteiger partial charge in [-0.2, -0.15) is 0 Å². The number of aryl methyl sites for hydroxylation is 1. The van der Waals surface area contributed by atoms with Crippen LogP contribution in [0.15, 0.2) is 22.7 Å². The maximum atomic E-state index is 11.8. The second-order valence-corrected chi connectivity index (χ2v) is 8.15. The van der Waals surface area contributed by atoms with Crippen molar-refractivity contribution >= 4 is 22.0 Å². The van der Waals surface area contributed by atoms with Gasteiger partial charge in [0.25, 0.3) is 0 Å². The van der Waals surface area contributed by atoms with Gasteiger partial charge in [0.15, 0.2) is 0 Å². The lowest BCUT2D eigenvalue weighted by Crippen LogP contribution is -2.43. The number of nitrogens with one attached hydrogen (secondary N) is 2. The number of alkyl carbamates (subject to hydrolysis) is 1. The van der Waals surface area contributed by atoms with Crippen molar-refractivity contribution in [1.29, 1.82) is 0 Å². The molecular formula is C18H27BrN2O2. The highest BCUT2D eigenvalue weighted by Crippen LogP contribution is 2.32. The summed E-state index contributed by atoms with van der Waals surface area (Å²) in [5.41, 5.74) is 2.02. The zero-order chi connectivity index (χ0) is 17.0. The number of hydrogen-bond acceptors (Lipinski definition) is 3. The Kier molecular flexibility index (Phi) is 6.09. The molecule has 0 saturated heterocycles. The van der Waals surface area contributed by atoms with Crippen LogP contribution in [0.2, 0.25) is 0 Å². The van der Waals surface area contributed by atoms with Gasteiger partial charge in [-0.1, -0.05) is 28.1 Å². The molecule has 1 aromatic rings. The van der Waals surface area contributed by atoms with E-state index < -0.39 is 5.60 Å². The molecule has 2 rings (SSSR count). The Morgan fingerprint density at radius 2 is 2.09 bits per heavy atom. The Bertz CT molecular complexity index is 550. The van der Waals surface area contributed by atoms with Crippen LogP contribution in [0.25, 0.3) is 0 Å². The zero-order valence-corrected chi connectivity index (χ0v) is 16.0. The van der Waals surface area contributed by atoms with Crippen LogP contribution >= 0.6 is 15.9 Å². The summed E-state index contributed by atoms with van der Waals surface area (Å²) in [6, 6.07) is 6.69. The third kappa shape index (κ3) is 6.51. The molecule has 5 heteroatoms. The standard InChI is InChI=1S/C18H27BrN2O2/c1-12-5-6-13(9-15(12)19)10-20-16(14-7-8-14)11-21-17(22)23-18(2,3)4/h5-6,9,14,16,20H,7-8,10-11H2,1-4H3,(H,21,22). The third-order valence-corrected chi connectivity index (χ3v) is 4.72. The van der Waals surface area contributed by atoms with Gasteiger partial charge in [-0.25, -0.2) is 4.79 Å². The van der Waals surface area contributed by atoms with Crippen molar-refractivity contribution in [3.05, 3.63) is 33.8 Å². The molecule has 1 aliphatic carbocycles. The van der Waals surface area contributed by atoms with Crippen LogP contribution in [0.1, 0.15) is 44.7 Å². The molecule has 1 aromatic carbocycles. The molecule has 1 unspecified atom stereocenters. The molecule has 1 atom stereocenters. The van der Waals surface area contributed by atoms with Crippen molar-refractivity contribution in [3.63, 3.8) is 0 Å². The highest BCUT2D eigenvalue weighted by Gasteiger charge is 2.31. The van der Waals surface area contributed by atoms with Gasteiger partial charge < -0.3 is 15.4 Å². The predicted molar refractivity (Wildman–Crippen MR) is 96.5 cm³/mol. The first-order chi connectivity index (χ1) is 10.7. The van der Waals surface area contributed by atoms with Crippen LogP contribution in [-0.4, -0.2) is 24.3 Å². The molecule has 128 valence electrons. The smallest absolute Gasteiger partial charge is 0.407 e. The summed E-state index contributed by atoms with van der Waals surface area (Å²) in [4.78, 5) is 11.8. The van der Waals surface area contributed by atoms with E-state index in [9.17, 15) is 4.79 Å². The van der Waals surface area contributed by atoms with E-state index in [0.717, 1.165) is 11.0 Å². The van der Waals surface area contributed by atoms with E-state index in [1.807, 2.05) is 20.8 Å². The largest absolute Gasteiger partial charge is 0.444 e. The molecule has 4 nitrogen and oxygen atoms in total. The van der Waals surface area contributed by atoms with Gasteiger partial charge in [0.05, 0.1) is 0 Å². The number of carbonyl (C=O) groups is 1. The van der Waals surface area contributed by atoms with E-state index in [-0.39, 0.29) is 6.09 Å². The monoisotopic (exact) mass is 382 g/mol. The van der Waals surface area contributed by atoms with Gasteiger partial charge in [0.2, 0.25) is 0 Å². The average molecular weight is 383 g/mol. The van der Waals surface area contributed by atoms with Crippen molar-refractivity contribution in [2.75, 3.05) is 6.54 Å². The van der Waals surface area contributed by atoms with Gasteiger partial charge in [0, 0.05) is 23.6 Å². The van der Waals surface area contributed by atoms with E-state index in [4.69, 9.17) is 4.74 Å². The van der Waals surface area contributed by atoms with E-state index in [1.165, 1.54) is 24.0 Å². The summed E-state index contributed by atoms with van der Waals surface area (Å²) in [5, 5.41) is 6.46. The molecule has 1 aliphatic rings. The Labute approximate surface area is 147 Å². The van der Waals surface area contributed by atoms with Crippen molar-refractivity contribution in [2.24, 2.45) is 5.92 Å². The summed E-state index contributed by atoms with van der Waals surface area (Å²) in [6.07, 6.45) is 2.11. The summed E-state index contributed by atoms with van der Waals surface area (Å²) >= 11 is 3.57. The van der Waals surface area contributed by atoms with Crippen LogP contribution in [0.4, 0.5) is 4.79 Å². The Balaban J connectivity index is 1.82. The van der Waals surface area contributed by atoms with Gasteiger partial charge in [-0.3, -0.25) is 0 Å². The maximum Gasteiger partial charge on any atom is 0.407 e. The number of rotatable bonds is 6. The van der Waals surface area contributed by atoms with E-state index in [2.05, 4.69) is 51.7 Å². The lowest BCUT2D eigenvalue weighted by Gasteiger charge is -2.22. The van der Waals surface area contributed by atoms with Crippen molar-refractivity contribution in [3.8, 4) is 0 Å². The molecule has 2 N–H and O–H groups in total. The minimum absolute atomic E-state index is 0.294. The fraction of sp³-hybridized carbons (Fsp3) is 0.611.